The van der Waals surface area contributed by atoms with Gasteiger partial charge in [0, 0.05) is 5.75 Å². The van der Waals surface area contributed by atoms with Crippen molar-refractivity contribution in [1.29, 1.82) is 0 Å². The largest absolute Gasteiger partial charge is 0.300 e. The summed E-state index contributed by atoms with van der Waals surface area (Å²) in [5, 5.41) is 11.0. The van der Waals surface area contributed by atoms with Gasteiger partial charge in [0.15, 0.2) is 4.34 Å². The Hall–Kier alpha value is -0.890. The van der Waals surface area contributed by atoms with E-state index in [1.807, 2.05) is 0 Å². The van der Waals surface area contributed by atoms with E-state index in [9.17, 15) is 9.18 Å². The maximum absolute atomic E-state index is 12.8. The van der Waals surface area contributed by atoms with E-state index in [-0.39, 0.29) is 11.7 Å². The van der Waals surface area contributed by atoms with Crippen molar-refractivity contribution in [3.05, 3.63) is 35.6 Å². The maximum atomic E-state index is 12.8. The molecule has 1 heterocycles. The molecule has 4 nitrogen and oxygen atoms in total. The minimum atomic E-state index is -0.949. The molecule has 1 fully saturated rings. The number of nitrogens with zero attached hydrogens (tertiary/aromatic N) is 2. The molecule has 1 aliphatic carbocycles. The monoisotopic (exact) mass is 377 g/mol. The van der Waals surface area contributed by atoms with E-state index in [1.165, 1.54) is 35.2 Å². The van der Waals surface area contributed by atoms with Gasteiger partial charge in [-0.05, 0) is 24.1 Å². The first-order valence-electron chi connectivity index (χ1n) is 6.33. The third-order valence-electron chi connectivity index (χ3n) is 3.05. The van der Waals surface area contributed by atoms with Crippen LogP contribution in [0, 0.1) is 11.7 Å². The summed E-state index contributed by atoms with van der Waals surface area (Å²) in [6.07, 6.45) is 0.451. The van der Waals surface area contributed by atoms with E-state index >= 15 is 0 Å². The quantitative estimate of drug-likeness (QED) is 0.484. The molecule has 3 rings (SSSR count). The van der Waals surface area contributed by atoms with Crippen molar-refractivity contribution in [2.24, 2.45) is 5.92 Å². The number of thioether (sulfide) groups is 1. The summed E-state index contributed by atoms with van der Waals surface area (Å²) < 4.78 is 12.6. The fourth-order valence-corrected chi connectivity index (χ4v) is 3.95. The number of alkyl halides is 2. The van der Waals surface area contributed by atoms with Crippen LogP contribution < -0.4 is 5.32 Å². The van der Waals surface area contributed by atoms with Crippen molar-refractivity contribution in [3.8, 4) is 0 Å². The Kier molecular flexibility index (Phi) is 4.59. The topological polar surface area (TPSA) is 54.9 Å². The second kappa shape index (κ2) is 6.31. The van der Waals surface area contributed by atoms with Crippen LogP contribution >= 0.6 is 46.3 Å². The molecule has 1 aromatic heterocycles. The lowest BCUT2D eigenvalue weighted by Gasteiger charge is -1.99. The van der Waals surface area contributed by atoms with Crippen LogP contribution in [-0.2, 0) is 10.5 Å². The Morgan fingerprint density at radius 3 is 2.73 bits per heavy atom. The fraction of sp³-hybridized carbons (Fsp3) is 0.308. The van der Waals surface area contributed by atoms with E-state index in [0.717, 1.165) is 9.90 Å². The van der Waals surface area contributed by atoms with Crippen molar-refractivity contribution < 1.29 is 9.18 Å². The van der Waals surface area contributed by atoms with Crippen LogP contribution in [0.25, 0.3) is 0 Å². The highest BCUT2D eigenvalue weighted by Crippen LogP contribution is 2.53. The average Bonchev–Trinajstić information content (AvgIpc) is 2.91. The number of hydrogen-bond acceptors (Lipinski definition) is 5. The summed E-state index contributed by atoms with van der Waals surface area (Å²) in [6.45, 7) is 0. The van der Waals surface area contributed by atoms with E-state index in [1.54, 1.807) is 12.1 Å². The minimum Gasteiger partial charge on any atom is -0.300 e. The lowest BCUT2D eigenvalue weighted by atomic mass is 10.2. The summed E-state index contributed by atoms with van der Waals surface area (Å²) in [5.41, 5.74) is 0.985. The van der Waals surface area contributed by atoms with Gasteiger partial charge in [-0.1, -0.05) is 35.2 Å². The van der Waals surface area contributed by atoms with Gasteiger partial charge in [-0.3, -0.25) is 4.79 Å². The maximum Gasteiger partial charge on any atom is 0.232 e. The number of rotatable bonds is 5. The zero-order valence-electron chi connectivity index (χ0n) is 11.1. The van der Waals surface area contributed by atoms with Crippen molar-refractivity contribution in [2.75, 3.05) is 5.32 Å². The van der Waals surface area contributed by atoms with Crippen LogP contribution in [0.4, 0.5) is 9.52 Å². The SMILES string of the molecule is O=C(Nc1nnc(SCc2ccc(F)cc2)s1)C1CC1(Cl)Cl. The van der Waals surface area contributed by atoms with Gasteiger partial charge in [-0.25, -0.2) is 4.39 Å². The van der Waals surface area contributed by atoms with E-state index in [0.29, 0.717) is 17.3 Å². The molecule has 0 aliphatic heterocycles. The standard InChI is InChI=1S/C13H10Cl2FN3OS2/c14-13(15)5-9(13)10(20)17-11-18-19-12(22-11)21-6-7-1-3-8(16)4-2-7/h1-4,9H,5-6H2,(H,17,18,20). The molecule has 0 bridgehead atoms. The molecular formula is C13H10Cl2FN3OS2. The molecule has 116 valence electrons. The van der Waals surface area contributed by atoms with Gasteiger partial charge in [0.25, 0.3) is 0 Å². The summed E-state index contributed by atoms with van der Waals surface area (Å²) in [5.74, 6) is -0.242. The summed E-state index contributed by atoms with van der Waals surface area (Å²) in [7, 11) is 0. The lowest BCUT2D eigenvalue weighted by Crippen LogP contribution is -2.16. The summed E-state index contributed by atoms with van der Waals surface area (Å²) in [4.78, 5) is 11.8. The van der Waals surface area contributed by atoms with Crippen LogP contribution in [0.3, 0.4) is 0 Å². The first kappa shape index (κ1) is 16.0. The number of anilines is 1. The van der Waals surface area contributed by atoms with Gasteiger partial charge in [-0.15, -0.1) is 33.4 Å². The molecule has 0 spiro atoms. The summed E-state index contributed by atoms with van der Waals surface area (Å²) >= 11 is 14.4. The zero-order chi connectivity index (χ0) is 15.7. The molecule has 1 unspecified atom stereocenters. The Bertz CT molecular complexity index is 693. The van der Waals surface area contributed by atoms with Crippen molar-refractivity contribution in [1.82, 2.24) is 10.2 Å². The smallest absolute Gasteiger partial charge is 0.232 e. The van der Waals surface area contributed by atoms with Crippen LogP contribution in [0.2, 0.25) is 0 Å². The van der Waals surface area contributed by atoms with Gasteiger partial charge >= 0.3 is 0 Å². The highest BCUT2D eigenvalue weighted by molar-refractivity contribution is 8.00. The molecule has 1 atom stereocenters. The van der Waals surface area contributed by atoms with Gasteiger partial charge in [0.05, 0.1) is 5.92 Å². The molecule has 1 aliphatic rings. The number of carbonyl (C=O) groups excluding carboxylic acids is 1. The molecule has 22 heavy (non-hydrogen) atoms. The first-order chi connectivity index (χ1) is 10.4. The van der Waals surface area contributed by atoms with Crippen LogP contribution in [0.5, 0.6) is 0 Å². The van der Waals surface area contributed by atoms with E-state index < -0.39 is 10.3 Å². The molecular weight excluding hydrogens is 368 g/mol. The highest BCUT2D eigenvalue weighted by Gasteiger charge is 2.56. The van der Waals surface area contributed by atoms with Crippen LogP contribution in [-0.4, -0.2) is 20.4 Å². The number of carbonyl (C=O) groups is 1. The number of aromatic nitrogens is 2. The Labute approximate surface area is 144 Å². The van der Waals surface area contributed by atoms with Crippen LogP contribution in [0.15, 0.2) is 28.6 Å². The van der Waals surface area contributed by atoms with Crippen molar-refractivity contribution in [3.63, 3.8) is 0 Å². The number of benzene rings is 1. The normalized spacial score (nSPS) is 19.0. The first-order valence-corrected chi connectivity index (χ1v) is 8.89. The molecule has 0 radical (unpaired) electrons. The molecule has 1 saturated carbocycles. The van der Waals surface area contributed by atoms with Gasteiger partial charge < -0.3 is 5.32 Å². The number of nitrogens with one attached hydrogen (secondary N) is 1. The molecule has 9 heteroatoms. The van der Waals surface area contributed by atoms with E-state index in [4.69, 9.17) is 23.2 Å². The number of amides is 1. The Morgan fingerprint density at radius 1 is 1.41 bits per heavy atom. The Morgan fingerprint density at radius 2 is 2.09 bits per heavy atom. The fourth-order valence-electron chi connectivity index (χ4n) is 1.73. The van der Waals surface area contributed by atoms with Gasteiger partial charge in [0.1, 0.15) is 10.2 Å². The molecule has 1 aromatic carbocycles. The second-order valence-electron chi connectivity index (χ2n) is 4.80. The van der Waals surface area contributed by atoms with Gasteiger partial charge in [0.2, 0.25) is 11.0 Å². The third-order valence-corrected chi connectivity index (χ3v) is 5.93. The molecule has 2 aromatic rings. The summed E-state index contributed by atoms with van der Waals surface area (Å²) in [6, 6.07) is 6.28. The predicted molar refractivity (Wildman–Crippen MR) is 87.0 cm³/mol. The predicted octanol–water partition coefficient (Wildman–Crippen LogP) is 4.10. The average molecular weight is 378 g/mol. The van der Waals surface area contributed by atoms with E-state index in [2.05, 4.69) is 15.5 Å². The lowest BCUT2D eigenvalue weighted by molar-refractivity contribution is -0.117. The third kappa shape index (κ3) is 3.90. The van der Waals surface area contributed by atoms with Crippen molar-refractivity contribution >= 4 is 57.3 Å². The molecule has 0 saturated heterocycles. The Balaban J connectivity index is 1.53. The van der Waals surface area contributed by atoms with Crippen LogP contribution in [0.1, 0.15) is 12.0 Å². The number of hydrogen-bond donors (Lipinski definition) is 1. The molecule has 1 N–H and O–H groups in total. The van der Waals surface area contributed by atoms with Crippen molar-refractivity contribution in [2.45, 2.75) is 20.8 Å². The molecule has 1 amide bonds. The minimum absolute atomic E-state index is 0.240. The second-order valence-corrected chi connectivity index (χ2v) is 8.54. The van der Waals surface area contributed by atoms with Gasteiger partial charge in [-0.2, -0.15) is 0 Å². The number of halogens is 3. The highest BCUT2D eigenvalue weighted by atomic mass is 35.5. The zero-order valence-corrected chi connectivity index (χ0v) is 14.2.